The van der Waals surface area contributed by atoms with Crippen LogP contribution in [0.4, 0.5) is 0 Å². The molecular weight excluding hydrogens is 236 g/mol. The second-order valence-corrected chi connectivity index (χ2v) is 5.47. The Bertz CT molecular complexity index is 434. The van der Waals surface area contributed by atoms with Crippen molar-refractivity contribution in [3.05, 3.63) is 34.3 Å². The van der Waals surface area contributed by atoms with Gasteiger partial charge in [-0.25, -0.2) is 0 Å². The lowest BCUT2D eigenvalue weighted by molar-refractivity contribution is -0.148. The van der Waals surface area contributed by atoms with Crippen molar-refractivity contribution in [1.29, 1.82) is 0 Å². The highest BCUT2D eigenvalue weighted by atomic mass is 35.5. The highest BCUT2D eigenvalue weighted by molar-refractivity contribution is 6.31. The SMILES string of the molecule is Cc1ccc(CC2(C(=O)O)CCCC2)c(Cl)c1. The number of hydrogen-bond acceptors (Lipinski definition) is 1. The van der Waals surface area contributed by atoms with Crippen molar-refractivity contribution in [3.63, 3.8) is 0 Å². The van der Waals surface area contributed by atoms with Crippen LogP contribution >= 0.6 is 11.6 Å². The maximum atomic E-state index is 11.5. The summed E-state index contributed by atoms with van der Waals surface area (Å²) < 4.78 is 0. The van der Waals surface area contributed by atoms with E-state index in [1.807, 2.05) is 25.1 Å². The van der Waals surface area contributed by atoms with E-state index in [1.54, 1.807) is 0 Å². The first-order chi connectivity index (χ1) is 8.03. The third kappa shape index (κ3) is 2.47. The molecule has 0 amide bonds. The van der Waals surface area contributed by atoms with E-state index in [-0.39, 0.29) is 0 Å². The Morgan fingerprint density at radius 2 is 2.06 bits per heavy atom. The summed E-state index contributed by atoms with van der Waals surface area (Å²) in [5.41, 5.74) is 1.48. The van der Waals surface area contributed by atoms with Crippen molar-refractivity contribution in [2.45, 2.75) is 39.0 Å². The Balaban J connectivity index is 2.26. The van der Waals surface area contributed by atoms with Gasteiger partial charge in [-0.2, -0.15) is 0 Å². The van der Waals surface area contributed by atoms with Crippen molar-refractivity contribution in [2.24, 2.45) is 5.41 Å². The van der Waals surface area contributed by atoms with Gasteiger partial charge < -0.3 is 5.11 Å². The largest absolute Gasteiger partial charge is 0.481 e. The van der Waals surface area contributed by atoms with Crippen molar-refractivity contribution in [1.82, 2.24) is 0 Å². The van der Waals surface area contributed by atoms with E-state index in [1.165, 1.54) is 0 Å². The van der Waals surface area contributed by atoms with Crippen LogP contribution in [-0.2, 0) is 11.2 Å². The minimum absolute atomic E-state index is 0.557. The van der Waals surface area contributed by atoms with Gasteiger partial charge in [0.15, 0.2) is 0 Å². The van der Waals surface area contributed by atoms with Gasteiger partial charge in [0.25, 0.3) is 0 Å². The normalized spacial score (nSPS) is 18.2. The molecule has 2 rings (SSSR count). The molecule has 3 heteroatoms. The van der Waals surface area contributed by atoms with E-state index in [2.05, 4.69) is 0 Å². The summed E-state index contributed by atoms with van der Waals surface area (Å²) in [7, 11) is 0. The zero-order valence-electron chi connectivity index (χ0n) is 10.0. The van der Waals surface area contributed by atoms with Gasteiger partial charge in [-0.3, -0.25) is 4.79 Å². The Hall–Kier alpha value is -1.02. The molecule has 0 aliphatic heterocycles. The summed E-state index contributed by atoms with van der Waals surface area (Å²) in [6.45, 7) is 1.98. The average molecular weight is 253 g/mol. The van der Waals surface area contributed by atoms with Gasteiger partial charge in [0.1, 0.15) is 0 Å². The van der Waals surface area contributed by atoms with Crippen LogP contribution in [0.2, 0.25) is 5.02 Å². The molecule has 1 fully saturated rings. The Kier molecular flexibility index (Phi) is 3.43. The second kappa shape index (κ2) is 4.69. The zero-order valence-corrected chi connectivity index (χ0v) is 10.8. The molecule has 92 valence electrons. The van der Waals surface area contributed by atoms with Crippen LogP contribution < -0.4 is 0 Å². The highest BCUT2D eigenvalue weighted by Crippen LogP contribution is 2.42. The van der Waals surface area contributed by atoms with E-state index < -0.39 is 11.4 Å². The number of aliphatic carboxylic acids is 1. The van der Waals surface area contributed by atoms with Crippen molar-refractivity contribution in [3.8, 4) is 0 Å². The number of carbonyl (C=O) groups is 1. The van der Waals surface area contributed by atoms with Crippen LogP contribution in [0.25, 0.3) is 0 Å². The van der Waals surface area contributed by atoms with E-state index in [0.717, 1.165) is 36.8 Å². The first kappa shape index (κ1) is 12.4. The lowest BCUT2D eigenvalue weighted by Gasteiger charge is -2.24. The molecule has 1 N–H and O–H groups in total. The van der Waals surface area contributed by atoms with E-state index in [0.29, 0.717) is 11.4 Å². The molecule has 17 heavy (non-hydrogen) atoms. The third-order valence-corrected chi connectivity index (χ3v) is 4.10. The molecule has 2 nitrogen and oxygen atoms in total. The number of rotatable bonds is 3. The zero-order chi connectivity index (χ0) is 12.5. The highest BCUT2D eigenvalue weighted by Gasteiger charge is 2.41. The predicted octanol–water partition coefficient (Wildman–Crippen LogP) is 3.84. The van der Waals surface area contributed by atoms with Crippen molar-refractivity contribution >= 4 is 17.6 Å². The number of carboxylic acid groups (broad SMARTS) is 1. The first-order valence-corrected chi connectivity index (χ1v) is 6.40. The molecule has 0 heterocycles. The first-order valence-electron chi connectivity index (χ1n) is 6.02. The topological polar surface area (TPSA) is 37.3 Å². The van der Waals surface area contributed by atoms with Crippen LogP contribution in [0, 0.1) is 12.3 Å². The molecule has 0 bridgehead atoms. The summed E-state index contributed by atoms with van der Waals surface area (Å²) in [5, 5.41) is 10.1. The van der Waals surface area contributed by atoms with E-state index in [4.69, 9.17) is 11.6 Å². The van der Waals surface area contributed by atoms with Crippen LogP contribution in [0.15, 0.2) is 18.2 Å². The molecule has 1 saturated carbocycles. The maximum absolute atomic E-state index is 11.5. The van der Waals surface area contributed by atoms with E-state index in [9.17, 15) is 9.90 Å². The van der Waals surface area contributed by atoms with Crippen LogP contribution in [0.5, 0.6) is 0 Å². The molecule has 0 saturated heterocycles. The standard InChI is InChI=1S/C14H17ClO2/c1-10-4-5-11(12(15)8-10)9-14(13(16)17)6-2-3-7-14/h4-5,8H,2-3,6-7,9H2,1H3,(H,16,17). The molecule has 1 aliphatic carbocycles. The summed E-state index contributed by atoms with van der Waals surface area (Å²) in [6, 6.07) is 5.85. The fourth-order valence-electron chi connectivity index (χ4n) is 2.68. The molecule has 0 aromatic heterocycles. The van der Waals surface area contributed by atoms with E-state index >= 15 is 0 Å². The minimum Gasteiger partial charge on any atom is -0.481 e. The van der Waals surface area contributed by atoms with Gasteiger partial charge in [-0.05, 0) is 43.4 Å². The summed E-state index contributed by atoms with van der Waals surface area (Å²) in [6.07, 6.45) is 4.12. The van der Waals surface area contributed by atoms with Gasteiger partial charge in [-0.1, -0.05) is 36.6 Å². The van der Waals surface area contributed by atoms with Gasteiger partial charge in [0, 0.05) is 5.02 Å². The summed E-state index contributed by atoms with van der Waals surface area (Å²) in [4.78, 5) is 11.5. The molecule has 1 aromatic carbocycles. The average Bonchev–Trinajstić information content (AvgIpc) is 2.72. The third-order valence-electron chi connectivity index (χ3n) is 3.75. The quantitative estimate of drug-likeness (QED) is 0.888. The molecular formula is C14H17ClO2. The Morgan fingerprint density at radius 1 is 1.41 bits per heavy atom. The van der Waals surface area contributed by atoms with Crippen LogP contribution in [-0.4, -0.2) is 11.1 Å². The molecule has 0 unspecified atom stereocenters. The van der Waals surface area contributed by atoms with Gasteiger partial charge in [0.2, 0.25) is 0 Å². The molecule has 0 radical (unpaired) electrons. The molecule has 1 aliphatic rings. The smallest absolute Gasteiger partial charge is 0.309 e. The van der Waals surface area contributed by atoms with Crippen LogP contribution in [0.1, 0.15) is 36.8 Å². The minimum atomic E-state index is -0.674. The number of benzene rings is 1. The van der Waals surface area contributed by atoms with Crippen LogP contribution in [0.3, 0.4) is 0 Å². The predicted molar refractivity (Wildman–Crippen MR) is 68.4 cm³/mol. The van der Waals surface area contributed by atoms with Gasteiger partial charge >= 0.3 is 5.97 Å². The second-order valence-electron chi connectivity index (χ2n) is 5.06. The summed E-state index contributed by atoms with van der Waals surface area (Å²) >= 11 is 6.18. The lowest BCUT2D eigenvalue weighted by atomic mass is 9.80. The van der Waals surface area contributed by atoms with Crippen molar-refractivity contribution in [2.75, 3.05) is 0 Å². The van der Waals surface area contributed by atoms with Gasteiger partial charge in [0.05, 0.1) is 5.41 Å². The monoisotopic (exact) mass is 252 g/mol. The molecule has 0 spiro atoms. The fraction of sp³-hybridized carbons (Fsp3) is 0.500. The Labute approximate surface area is 107 Å². The fourth-order valence-corrected chi connectivity index (χ4v) is 2.98. The lowest BCUT2D eigenvalue weighted by Crippen LogP contribution is -2.30. The maximum Gasteiger partial charge on any atom is 0.309 e. The number of aryl methyl sites for hydroxylation is 1. The summed E-state index contributed by atoms with van der Waals surface area (Å²) in [5.74, 6) is -0.674. The number of halogens is 1. The van der Waals surface area contributed by atoms with Gasteiger partial charge in [-0.15, -0.1) is 0 Å². The Morgan fingerprint density at radius 3 is 2.59 bits per heavy atom. The number of carboxylic acids is 1. The number of hydrogen-bond donors (Lipinski definition) is 1. The van der Waals surface area contributed by atoms with Crippen molar-refractivity contribution < 1.29 is 9.90 Å². The molecule has 1 aromatic rings. The molecule has 0 atom stereocenters.